The molecule has 1 fully saturated rings. The third-order valence-electron chi connectivity index (χ3n) is 5.94. The molecular weight excluding hydrogens is 419 g/mol. The third kappa shape index (κ3) is 6.16. The standard InChI is InChI=1S/C24H30F3N3O2/c1-28-22(29-13-10-18-6-8-21(31-2)9-7-18)30-17-23(11-14-32-15-12-23)19-4-3-5-20(16-19)24(25,26)27/h3-9,16H,10-15,17H2,1-2H3,(H2,28,29,30). The van der Waals surface area contributed by atoms with Gasteiger partial charge in [-0.15, -0.1) is 0 Å². The van der Waals surface area contributed by atoms with Gasteiger partial charge in [0.2, 0.25) is 0 Å². The zero-order valence-electron chi connectivity index (χ0n) is 18.5. The first kappa shape index (κ1) is 23.9. The molecule has 1 aliphatic heterocycles. The second kappa shape index (κ2) is 10.7. The molecule has 8 heteroatoms. The van der Waals surface area contributed by atoms with Crippen LogP contribution in [0, 0.1) is 0 Å². The van der Waals surface area contributed by atoms with Crippen LogP contribution >= 0.6 is 0 Å². The molecule has 2 aromatic rings. The lowest BCUT2D eigenvalue weighted by molar-refractivity contribution is -0.137. The average molecular weight is 450 g/mol. The highest BCUT2D eigenvalue weighted by Crippen LogP contribution is 2.37. The molecule has 0 atom stereocenters. The lowest BCUT2D eigenvalue weighted by atomic mass is 9.73. The summed E-state index contributed by atoms with van der Waals surface area (Å²) in [6.45, 7) is 2.18. The fraction of sp³-hybridized carbons (Fsp3) is 0.458. The first-order valence-electron chi connectivity index (χ1n) is 10.7. The Labute approximate surface area is 187 Å². The van der Waals surface area contributed by atoms with E-state index in [4.69, 9.17) is 9.47 Å². The summed E-state index contributed by atoms with van der Waals surface area (Å²) >= 11 is 0. The summed E-state index contributed by atoms with van der Waals surface area (Å²) in [5, 5.41) is 6.61. The van der Waals surface area contributed by atoms with Gasteiger partial charge in [0.15, 0.2) is 5.96 Å². The predicted molar refractivity (Wildman–Crippen MR) is 119 cm³/mol. The summed E-state index contributed by atoms with van der Waals surface area (Å²) in [7, 11) is 3.32. The van der Waals surface area contributed by atoms with Gasteiger partial charge in [0, 0.05) is 38.8 Å². The van der Waals surface area contributed by atoms with Crippen LogP contribution in [0.1, 0.15) is 29.5 Å². The first-order chi connectivity index (χ1) is 15.4. The van der Waals surface area contributed by atoms with Crippen LogP contribution < -0.4 is 15.4 Å². The maximum Gasteiger partial charge on any atom is 0.416 e. The average Bonchev–Trinajstić information content (AvgIpc) is 2.82. The summed E-state index contributed by atoms with van der Waals surface area (Å²) in [5.41, 5.74) is 0.769. The molecule has 0 radical (unpaired) electrons. The van der Waals surface area contributed by atoms with E-state index < -0.39 is 17.2 Å². The van der Waals surface area contributed by atoms with Crippen molar-refractivity contribution >= 4 is 5.96 Å². The van der Waals surface area contributed by atoms with Crippen LogP contribution in [0.4, 0.5) is 13.2 Å². The van der Waals surface area contributed by atoms with Gasteiger partial charge >= 0.3 is 6.18 Å². The van der Waals surface area contributed by atoms with E-state index in [1.165, 1.54) is 17.7 Å². The van der Waals surface area contributed by atoms with Crippen LogP contribution in [-0.2, 0) is 22.7 Å². The monoisotopic (exact) mass is 449 g/mol. The lowest BCUT2D eigenvalue weighted by Gasteiger charge is -2.38. The topological polar surface area (TPSA) is 54.9 Å². The van der Waals surface area contributed by atoms with Crippen molar-refractivity contribution < 1.29 is 22.6 Å². The first-order valence-corrected chi connectivity index (χ1v) is 10.7. The van der Waals surface area contributed by atoms with Gasteiger partial charge in [-0.3, -0.25) is 4.99 Å². The van der Waals surface area contributed by atoms with Gasteiger partial charge in [-0.1, -0.05) is 30.3 Å². The highest BCUT2D eigenvalue weighted by Gasteiger charge is 2.37. The van der Waals surface area contributed by atoms with Gasteiger partial charge in [-0.05, 0) is 48.6 Å². The normalized spacial score (nSPS) is 16.5. The molecule has 0 saturated carbocycles. The van der Waals surface area contributed by atoms with Gasteiger partial charge in [-0.25, -0.2) is 0 Å². The van der Waals surface area contributed by atoms with Crippen molar-refractivity contribution in [2.75, 3.05) is 40.5 Å². The molecule has 174 valence electrons. The zero-order chi connectivity index (χ0) is 23.0. The minimum atomic E-state index is -4.37. The number of aliphatic imine (C=N–C) groups is 1. The summed E-state index contributed by atoms with van der Waals surface area (Å²) in [6.07, 6.45) is -2.28. The summed E-state index contributed by atoms with van der Waals surface area (Å²) in [5.74, 6) is 1.44. The van der Waals surface area contributed by atoms with Crippen LogP contribution in [-0.4, -0.2) is 46.4 Å². The van der Waals surface area contributed by atoms with Crippen LogP contribution in [0.3, 0.4) is 0 Å². The van der Waals surface area contributed by atoms with Crippen molar-refractivity contribution in [1.29, 1.82) is 0 Å². The molecule has 1 heterocycles. The summed E-state index contributed by atoms with van der Waals surface area (Å²) in [6, 6.07) is 13.5. The van der Waals surface area contributed by atoms with Crippen LogP contribution in [0.15, 0.2) is 53.5 Å². The van der Waals surface area contributed by atoms with Crippen molar-refractivity contribution in [3.63, 3.8) is 0 Å². The highest BCUT2D eigenvalue weighted by molar-refractivity contribution is 5.79. The SMILES string of the molecule is CN=C(NCCc1ccc(OC)cc1)NCC1(c2cccc(C(F)(F)F)c2)CCOCC1. The Hall–Kier alpha value is -2.74. The number of nitrogens with one attached hydrogen (secondary N) is 2. The van der Waals surface area contributed by atoms with Gasteiger partial charge in [-0.2, -0.15) is 13.2 Å². The maximum absolute atomic E-state index is 13.3. The summed E-state index contributed by atoms with van der Waals surface area (Å²) in [4.78, 5) is 4.28. The summed E-state index contributed by atoms with van der Waals surface area (Å²) < 4.78 is 50.5. The second-order valence-electron chi connectivity index (χ2n) is 7.92. The molecule has 0 aromatic heterocycles. The number of hydrogen-bond donors (Lipinski definition) is 2. The Kier molecular flexibility index (Phi) is 8.01. The molecular formula is C24H30F3N3O2. The number of benzene rings is 2. The Morgan fingerprint density at radius 1 is 1.09 bits per heavy atom. The Balaban J connectivity index is 1.63. The smallest absolute Gasteiger partial charge is 0.416 e. The number of ether oxygens (including phenoxy) is 2. The Morgan fingerprint density at radius 2 is 1.81 bits per heavy atom. The van der Waals surface area contributed by atoms with Gasteiger partial charge in [0.25, 0.3) is 0 Å². The van der Waals surface area contributed by atoms with Gasteiger partial charge in [0.1, 0.15) is 5.75 Å². The number of alkyl halides is 3. The zero-order valence-corrected chi connectivity index (χ0v) is 18.5. The number of rotatable bonds is 7. The van der Waals surface area contributed by atoms with Crippen LogP contribution in [0.5, 0.6) is 5.75 Å². The minimum Gasteiger partial charge on any atom is -0.497 e. The van der Waals surface area contributed by atoms with E-state index in [9.17, 15) is 13.2 Å². The fourth-order valence-electron chi connectivity index (χ4n) is 3.95. The highest BCUT2D eigenvalue weighted by atomic mass is 19.4. The largest absolute Gasteiger partial charge is 0.497 e. The fourth-order valence-corrected chi connectivity index (χ4v) is 3.95. The van der Waals surface area contributed by atoms with Gasteiger partial charge < -0.3 is 20.1 Å². The van der Waals surface area contributed by atoms with Crippen molar-refractivity contribution in [3.05, 3.63) is 65.2 Å². The molecule has 1 saturated heterocycles. The van der Waals surface area contributed by atoms with E-state index in [1.807, 2.05) is 24.3 Å². The van der Waals surface area contributed by atoms with Crippen molar-refractivity contribution in [1.82, 2.24) is 10.6 Å². The Bertz CT molecular complexity index is 892. The predicted octanol–water partition coefficient (Wildman–Crippen LogP) is 4.17. The number of guanidine groups is 1. The molecule has 1 aliphatic rings. The molecule has 0 aliphatic carbocycles. The number of nitrogens with zero attached hydrogens (tertiary/aromatic N) is 1. The number of hydrogen-bond acceptors (Lipinski definition) is 3. The molecule has 0 amide bonds. The molecule has 0 unspecified atom stereocenters. The molecule has 0 bridgehead atoms. The molecule has 32 heavy (non-hydrogen) atoms. The second-order valence-corrected chi connectivity index (χ2v) is 7.92. The van der Waals surface area contributed by atoms with Crippen LogP contribution in [0.25, 0.3) is 0 Å². The van der Waals surface area contributed by atoms with E-state index in [0.717, 1.165) is 18.2 Å². The molecule has 5 nitrogen and oxygen atoms in total. The van der Waals surface area contributed by atoms with Crippen LogP contribution in [0.2, 0.25) is 0 Å². The molecule has 2 N–H and O–H groups in total. The number of halogens is 3. The van der Waals surface area contributed by atoms with E-state index >= 15 is 0 Å². The van der Waals surface area contributed by atoms with Crippen molar-refractivity contribution in [3.8, 4) is 5.75 Å². The van der Waals surface area contributed by atoms with Gasteiger partial charge in [0.05, 0.1) is 12.7 Å². The Morgan fingerprint density at radius 3 is 2.44 bits per heavy atom. The molecule has 3 rings (SSSR count). The molecule has 2 aromatic carbocycles. The number of methoxy groups -OCH3 is 1. The van der Waals surface area contributed by atoms with E-state index in [2.05, 4.69) is 15.6 Å². The minimum absolute atomic E-state index is 0.451. The van der Waals surface area contributed by atoms with E-state index in [1.54, 1.807) is 20.2 Å². The quantitative estimate of drug-likeness (QED) is 0.492. The lowest BCUT2D eigenvalue weighted by Crippen LogP contribution is -2.48. The van der Waals surface area contributed by atoms with Crippen molar-refractivity contribution in [2.45, 2.75) is 30.9 Å². The maximum atomic E-state index is 13.3. The van der Waals surface area contributed by atoms with E-state index in [-0.39, 0.29) is 0 Å². The van der Waals surface area contributed by atoms with E-state index in [0.29, 0.717) is 50.7 Å². The third-order valence-corrected chi connectivity index (χ3v) is 5.94. The molecule has 0 spiro atoms. The van der Waals surface area contributed by atoms with Crippen molar-refractivity contribution in [2.24, 2.45) is 4.99 Å².